The molecule has 39 heavy (non-hydrogen) atoms. The second-order valence-corrected chi connectivity index (χ2v) is 10.4. The highest BCUT2D eigenvalue weighted by Crippen LogP contribution is 2.31. The van der Waals surface area contributed by atoms with Gasteiger partial charge in [-0.15, -0.1) is 0 Å². The molecule has 1 saturated heterocycles. The Morgan fingerprint density at radius 2 is 1.85 bits per heavy atom. The number of hydrogen-bond acceptors (Lipinski definition) is 5. The number of anilines is 1. The zero-order valence-corrected chi connectivity index (χ0v) is 22.1. The molecule has 0 saturated carbocycles. The van der Waals surface area contributed by atoms with Crippen LogP contribution >= 0.6 is 0 Å². The van der Waals surface area contributed by atoms with Gasteiger partial charge < -0.3 is 15.0 Å². The van der Waals surface area contributed by atoms with Gasteiger partial charge in [-0.3, -0.25) is 9.58 Å². The minimum absolute atomic E-state index is 0.242. The summed E-state index contributed by atoms with van der Waals surface area (Å²) in [6, 6.07) is 17.5. The fraction of sp³-hybridized carbons (Fsp3) is 0.290. The van der Waals surface area contributed by atoms with Crippen molar-refractivity contribution in [2.75, 3.05) is 37.6 Å². The summed E-state index contributed by atoms with van der Waals surface area (Å²) in [4.78, 5) is 12.7. The number of aromatic nitrogens is 4. The Hall–Kier alpha value is -4.01. The molecule has 1 unspecified atom stereocenters. The van der Waals surface area contributed by atoms with E-state index in [0.717, 1.165) is 78.0 Å². The van der Waals surface area contributed by atoms with Crippen LogP contribution in [0.15, 0.2) is 79.4 Å². The smallest absolute Gasteiger partial charge is 0.137 e. The number of aromatic amines is 1. The first-order chi connectivity index (χ1) is 19.0. The van der Waals surface area contributed by atoms with Gasteiger partial charge in [-0.05, 0) is 61.3 Å². The topological polar surface area (TPSA) is 73.2 Å². The summed E-state index contributed by atoms with van der Waals surface area (Å²) in [6.07, 6.45) is 8.49. The molecule has 3 aromatic heterocycles. The Labute approximate surface area is 227 Å². The molecule has 8 heteroatoms. The van der Waals surface area contributed by atoms with Crippen LogP contribution < -0.4 is 4.90 Å². The van der Waals surface area contributed by atoms with Crippen molar-refractivity contribution in [2.24, 2.45) is 0 Å². The van der Waals surface area contributed by atoms with Gasteiger partial charge in [0.25, 0.3) is 0 Å². The Morgan fingerprint density at radius 1 is 0.974 bits per heavy atom. The number of benzene rings is 2. The summed E-state index contributed by atoms with van der Waals surface area (Å²) in [5.41, 5.74) is 7.11. The molecule has 1 aliphatic rings. The van der Waals surface area contributed by atoms with E-state index in [1.807, 2.05) is 42.5 Å². The third kappa shape index (κ3) is 5.72. The molecular formula is C31H33FN6O. The Bertz CT molecular complexity index is 1560. The van der Waals surface area contributed by atoms with Gasteiger partial charge in [-0.2, -0.15) is 5.10 Å². The summed E-state index contributed by atoms with van der Waals surface area (Å²) in [5.74, 6) is -0.242. The Morgan fingerprint density at radius 3 is 2.67 bits per heavy atom. The van der Waals surface area contributed by atoms with E-state index in [-0.39, 0.29) is 11.9 Å². The quantitative estimate of drug-likeness (QED) is 0.307. The second kappa shape index (κ2) is 11.0. The van der Waals surface area contributed by atoms with E-state index >= 15 is 0 Å². The number of aliphatic hydroxyl groups excluding tert-OH is 1. The van der Waals surface area contributed by atoms with Crippen molar-refractivity contribution in [3.63, 3.8) is 0 Å². The molecule has 1 atom stereocenters. The monoisotopic (exact) mass is 524 g/mol. The summed E-state index contributed by atoms with van der Waals surface area (Å²) in [7, 11) is 0. The first-order valence-electron chi connectivity index (χ1n) is 13.5. The van der Waals surface area contributed by atoms with Crippen LogP contribution in [0, 0.1) is 5.82 Å². The van der Waals surface area contributed by atoms with Crippen LogP contribution in [0.3, 0.4) is 0 Å². The maximum Gasteiger partial charge on any atom is 0.137 e. The van der Waals surface area contributed by atoms with Crippen molar-refractivity contribution in [2.45, 2.75) is 26.0 Å². The molecule has 0 bridgehead atoms. The highest BCUT2D eigenvalue weighted by atomic mass is 19.1. The average molecular weight is 525 g/mol. The van der Waals surface area contributed by atoms with E-state index in [9.17, 15) is 9.50 Å². The van der Waals surface area contributed by atoms with Gasteiger partial charge in [0.05, 0.1) is 18.8 Å². The van der Waals surface area contributed by atoms with E-state index < -0.39 is 0 Å². The number of aliphatic hydroxyl groups is 1. The lowest BCUT2D eigenvalue weighted by molar-refractivity contribution is 0.131. The molecule has 7 nitrogen and oxygen atoms in total. The number of pyridine rings is 1. The van der Waals surface area contributed by atoms with E-state index in [2.05, 4.69) is 55.2 Å². The van der Waals surface area contributed by atoms with Gasteiger partial charge in [0.15, 0.2) is 0 Å². The molecule has 0 spiro atoms. The number of nitrogens with zero attached hydrogens (tertiary/aromatic N) is 5. The van der Waals surface area contributed by atoms with Gasteiger partial charge in [-0.1, -0.05) is 24.3 Å². The summed E-state index contributed by atoms with van der Waals surface area (Å²) in [6.45, 7) is 7.05. The normalized spacial score (nSPS) is 15.5. The molecular weight excluding hydrogens is 491 g/mol. The van der Waals surface area contributed by atoms with Crippen molar-refractivity contribution in [1.82, 2.24) is 24.6 Å². The van der Waals surface area contributed by atoms with Crippen LogP contribution in [-0.4, -0.2) is 68.6 Å². The van der Waals surface area contributed by atoms with E-state index in [1.54, 1.807) is 6.07 Å². The molecule has 0 amide bonds. The maximum absolute atomic E-state index is 13.6. The first kappa shape index (κ1) is 25.3. The fourth-order valence-electron chi connectivity index (χ4n) is 5.46. The maximum atomic E-state index is 13.6. The molecule has 6 rings (SSSR count). The number of fused-ring (bicyclic) bond motifs is 1. The molecule has 2 N–H and O–H groups in total. The molecule has 0 aliphatic carbocycles. The van der Waals surface area contributed by atoms with Crippen molar-refractivity contribution in [3.8, 4) is 22.3 Å². The predicted molar refractivity (Wildman–Crippen MR) is 153 cm³/mol. The lowest BCUT2D eigenvalue weighted by Gasteiger charge is -2.24. The van der Waals surface area contributed by atoms with Gasteiger partial charge in [-0.25, -0.2) is 9.37 Å². The van der Waals surface area contributed by atoms with Gasteiger partial charge in [0, 0.05) is 72.5 Å². The lowest BCUT2D eigenvalue weighted by atomic mass is 10.0. The van der Waals surface area contributed by atoms with Crippen molar-refractivity contribution < 1.29 is 9.50 Å². The number of nitrogens with one attached hydrogen (secondary N) is 1. The van der Waals surface area contributed by atoms with Gasteiger partial charge in [0.2, 0.25) is 0 Å². The fourth-order valence-corrected chi connectivity index (χ4v) is 5.46. The minimum Gasteiger partial charge on any atom is -0.392 e. The molecule has 2 aromatic carbocycles. The van der Waals surface area contributed by atoms with Gasteiger partial charge >= 0.3 is 0 Å². The third-order valence-corrected chi connectivity index (χ3v) is 7.39. The zero-order chi connectivity index (χ0) is 26.8. The van der Waals surface area contributed by atoms with Crippen LogP contribution in [0.4, 0.5) is 10.1 Å². The Balaban J connectivity index is 1.20. The van der Waals surface area contributed by atoms with Crippen molar-refractivity contribution in [1.29, 1.82) is 0 Å². The zero-order valence-electron chi connectivity index (χ0n) is 22.1. The number of rotatable bonds is 7. The van der Waals surface area contributed by atoms with E-state index in [4.69, 9.17) is 0 Å². The van der Waals surface area contributed by atoms with Crippen LogP contribution in [0.1, 0.15) is 18.9 Å². The summed E-state index contributed by atoms with van der Waals surface area (Å²) in [5, 5.41) is 15.3. The number of β-amino-alcohol motifs (C(OH)–C–C–N with tert-alkyl or cyclic N) is 1. The third-order valence-electron chi connectivity index (χ3n) is 7.39. The Kier molecular flexibility index (Phi) is 7.13. The SMILES string of the molecule is CC(O)CN1CCCN(c2ccc(-c3cnc4[nH]cc(-c5cnn(Cc6cccc(F)c6)c5)c4c3)cc2)CC1. The molecule has 4 heterocycles. The van der Waals surface area contributed by atoms with Gasteiger partial charge in [0.1, 0.15) is 11.5 Å². The van der Waals surface area contributed by atoms with E-state index in [1.165, 1.54) is 17.8 Å². The first-order valence-corrected chi connectivity index (χ1v) is 13.5. The number of H-pyrrole nitrogens is 1. The average Bonchev–Trinajstić information content (AvgIpc) is 3.49. The summed E-state index contributed by atoms with van der Waals surface area (Å²) >= 11 is 0. The highest BCUT2D eigenvalue weighted by molar-refractivity contribution is 5.95. The van der Waals surface area contributed by atoms with Crippen molar-refractivity contribution >= 4 is 16.7 Å². The van der Waals surface area contributed by atoms with Crippen LogP contribution in [-0.2, 0) is 6.54 Å². The standard InChI is InChI=1S/C31H33FN6O/c1-22(39)19-36-10-3-11-37(13-12-36)28-8-6-24(7-9-28)25-15-29-30(18-34-31(29)33-16-25)26-17-35-38(21-26)20-23-4-2-5-27(32)14-23/h2,4-9,14-18,21-22,39H,3,10-13,19-20H2,1H3,(H,33,34). The molecule has 5 aromatic rings. The largest absolute Gasteiger partial charge is 0.392 e. The molecule has 0 radical (unpaired) electrons. The van der Waals surface area contributed by atoms with Crippen LogP contribution in [0.5, 0.6) is 0 Å². The summed E-state index contributed by atoms with van der Waals surface area (Å²) < 4.78 is 15.4. The van der Waals surface area contributed by atoms with E-state index in [0.29, 0.717) is 6.54 Å². The predicted octanol–water partition coefficient (Wildman–Crippen LogP) is 5.17. The molecule has 200 valence electrons. The van der Waals surface area contributed by atoms with Crippen LogP contribution in [0.2, 0.25) is 0 Å². The van der Waals surface area contributed by atoms with Crippen molar-refractivity contribution in [3.05, 3.63) is 90.8 Å². The minimum atomic E-state index is -0.293. The molecule has 1 fully saturated rings. The lowest BCUT2D eigenvalue weighted by Crippen LogP contribution is -2.34. The highest BCUT2D eigenvalue weighted by Gasteiger charge is 2.17. The number of halogens is 1. The number of hydrogen-bond donors (Lipinski definition) is 2. The van der Waals surface area contributed by atoms with Crippen LogP contribution in [0.25, 0.3) is 33.3 Å². The molecule has 1 aliphatic heterocycles. The second-order valence-electron chi connectivity index (χ2n) is 10.4.